The minimum Gasteiger partial charge on any atom is -0.369 e. The van der Waals surface area contributed by atoms with E-state index in [2.05, 4.69) is 32.2 Å². The van der Waals surface area contributed by atoms with Crippen LogP contribution in [0.15, 0.2) is 12.1 Å². The Bertz CT molecular complexity index is 327. The fraction of sp³-hybridized carbons (Fsp3) is 0.500. The average molecular weight is 232 g/mol. The molecule has 0 unspecified atom stereocenters. The Morgan fingerprint density at radius 3 is 2.57 bits per heavy atom. The van der Waals surface area contributed by atoms with Gasteiger partial charge in [0.05, 0.1) is 11.5 Å². The molecular weight excluding hydrogens is 218 g/mol. The highest BCUT2D eigenvalue weighted by molar-refractivity contribution is 7.16. The largest absolute Gasteiger partial charge is 0.369 e. The molecule has 0 spiro atoms. The van der Waals surface area contributed by atoms with Crippen molar-refractivity contribution in [2.24, 2.45) is 0 Å². The van der Waals surface area contributed by atoms with Gasteiger partial charge in [-0.2, -0.15) is 0 Å². The minimum absolute atomic E-state index is 0.162. The zero-order valence-corrected chi connectivity index (χ0v) is 10.1. The predicted molar refractivity (Wildman–Crippen MR) is 62.4 cm³/mol. The lowest BCUT2D eigenvalue weighted by molar-refractivity contribution is -0.110. The van der Waals surface area contributed by atoms with E-state index in [1.165, 1.54) is 4.88 Å². The maximum absolute atomic E-state index is 10.5. The molecule has 1 aromatic rings. The molecule has 0 aliphatic heterocycles. The van der Waals surface area contributed by atoms with Crippen LogP contribution in [0.5, 0.6) is 0 Å². The number of hydrogen-bond acceptors (Lipinski definition) is 3. The number of rotatable bonds is 3. The molecule has 0 saturated heterocycles. The highest BCUT2D eigenvalue weighted by Crippen LogP contribution is 2.32. The molecule has 14 heavy (non-hydrogen) atoms. The van der Waals surface area contributed by atoms with Gasteiger partial charge >= 0.3 is 0 Å². The quantitative estimate of drug-likeness (QED) is 0.810. The summed E-state index contributed by atoms with van der Waals surface area (Å²) >= 11 is 6.89. The summed E-state index contributed by atoms with van der Waals surface area (Å²) in [5.74, 6) is 0. The molecule has 78 valence electrons. The number of carbonyl (C=O) groups is 1. The van der Waals surface area contributed by atoms with Crippen LogP contribution in [-0.4, -0.2) is 11.8 Å². The van der Waals surface area contributed by atoms with Crippen LogP contribution in [0.4, 0.5) is 5.00 Å². The van der Waals surface area contributed by atoms with Crippen LogP contribution in [-0.2, 0) is 10.2 Å². The lowest BCUT2D eigenvalue weighted by Crippen LogP contribution is -2.08. The van der Waals surface area contributed by atoms with Gasteiger partial charge in [0.15, 0.2) is 0 Å². The maximum Gasteiger partial charge on any atom is 0.240 e. The van der Waals surface area contributed by atoms with Crippen LogP contribution < -0.4 is 5.32 Å². The van der Waals surface area contributed by atoms with Gasteiger partial charge in [0, 0.05) is 4.88 Å². The van der Waals surface area contributed by atoms with Gasteiger partial charge in [-0.05, 0) is 29.1 Å². The van der Waals surface area contributed by atoms with Gasteiger partial charge in [0.2, 0.25) is 5.24 Å². The van der Waals surface area contributed by atoms with E-state index in [-0.39, 0.29) is 17.2 Å². The first-order valence-electron chi connectivity index (χ1n) is 4.42. The molecule has 0 bridgehead atoms. The second-order valence-electron chi connectivity index (χ2n) is 4.12. The Labute approximate surface area is 93.3 Å². The lowest BCUT2D eigenvalue weighted by Gasteiger charge is -2.15. The second-order valence-corrected chi connectivity index (χ2v) is 5.63. The van der Waals surface area contributed by atoms with E-state index < -0.39 is 0 Å². The summed E-state index contributed by atoms with van der Waals surface area (Å²) in [6.07, 6.45) is 0. The van der Waals surface area contributed by atoms with E-state index in [1.807, 2.05) is 6.07 Å². The molecule has 0 aliphatic rings. The normalized spacial score (nSPS) is 11.4. The molecule has 0 aliphatic carbocycles. The van der Waals surface area contributed by atoms with E-state index in [1.54, 1.807) is 11.3 Å². The highest BCUT2D eigenvalue weighted by Gasteiger charge is 2.15. The number of carbonyl (C=O) groups excluding carboxylic acids is 1. The fourth-order valence-corrected chi connectivity index (χ4v) is 2.02. The predicted octanol–water partition coefficient (Wildman–Crippen LogP) is 3.22. The Kier molecular flexibility index (Phi) is 3.56. The fourth-order valence-electron chi connectivity index (χ4n) is 0.993. The lowest BCUT2D eigenvalue weighted by atomic mass is 9.95. The summed E-state index contributed by atoms with van der Waals surface area (Å²) < 4.78 is 0. The third-order valence-corrected chi connectivity index (χ3v) is 3.35. The molecular formula is C10H14ClNOS. The van der Waals surface area contributed by atoms with Gasteiger partial charge in [-0.3, -0.25) is 4.79 Å². The Morgan fingerprint density at radius 2 is 2.14 bits per heavy atom. The Hall–Kier alpha value is -0.540. The van der Waals surface area contributed by atoms with Crippen molar-refractivity contribution in [3.8, 4) is 0 Å². The Balaban J connectivity index is 2.64. The van der Waals surface area contributed by atoms with Crippen molar-refractivity contribution in [3.05, 3.63) is 17.0 Å². The third-order valence-electron chi connectivity index (χ3n) is 1.75. The van der Waals surface area contributed by atoms with Crippen molar-refractivity contribution in [1.82, 2.24) is 0 Å². The Morgan fingerprint density at radius 1 is 1.50 bits per heavy atom. The topological polar surface area (TPSA) is 29.1 Å². The molecule has 0 fully saturated rings. The molecule has 1 aromatic heterocycles. The molecule has 0 radical (unpaired) electrons. The highest BCUT2D eigenvalue weighted by atomic mass is 35.5. The molecule has 0 aromatic carbocycles. The molecule has 0 saturated carbocycles. The average Bonchev–Trinajstić information content (AvgIpc) is 2.47. The number of thiophene rings is 1. The first-order chi connectivity index (χ1) is 6.39. The number of halogens is 1. The number of hydrogen-bond donors (Lipinski definition) is 1. The first-order valence-corrected chi connectivity index (χ1v) is 5.61. The van der Waals surface area contributed by atoms with Crippen molar-refractivity contribution in [2.75, 3.05) is 11.9 Å². The van der Waals surface area contributed by atoms with Crippen LogP contribution >= 0.6 is 22.9 Å². The van der Waals surface area contributed by atoms with E-state index >= 15 is 0 Å². The van der Waals surface area contributed by atoms with E-state index in [0.29, 0.717) is 0 Å². The SMILES string of the molecule is CC(C)(C)c1ccc(NCC(=O)Cl)s1. The molecule has 2 nitrogen and oxygen atoms in total. The zero-order chi connectivity index (χ0) is 10.8. The van der Waals surface area contributed by atoms with Crippen molar-refractivity contribution >= 4 is 33.2 Å². The standard InChI is InChI=1S/C10H14ClNOS/c1-10(2,3)7-4-5-9(14-7)12-6-8(11)13/h4-5,12H,6H2,1-3H3. The van der Waals surface area contributed by atoms with Gasteiger partial charge in [-0.15, -0.1) is 11.3 Å². The van der Waals surface area contributed by atoms with E-state index in [0.717, 1.165) is 5.00 Å². The van der Waals surface area contributed by atoms with Crippen molar-refractivity contribution in [3.63, 3.8) is 0 Å². The summed E-state index contributed by atoms with van der Waals surface area (Å²) in [6, 6.07) is 4.05. The van der Waals surface area contributed by atoms with Crippen molar-refractivity contribution < 1.29 is 4.79 Å². The van der Waals surface area contributed by atoms with Gasteiger partial charge in [-0.1, -0.05) is 20.8 Å². The molecule has 0 atom stereocenters. The second kappa shape index (κ2) is 4.32. The van der Waals surface area contributed by atoms with Crippen LogP contribution in [0.25, 0.3) is 0 Å². The van der Waals surface area contributed by atoms with Crippen molar-refractivity contribution in [2.45, 2.75) is 26.2 Å². The van der Waals surface area contributed by atoms with Crippen LogP contribution in [0, 0.1) is 0 Å². The van der Waals surface area contributed by atoms with Gasteiger partial charge in [0.25, 0.3) is 0 Å². The summed E-state index contributed by atoms with van der Waals surface area (Å²) in [5.41, 5.74) is 0.162. The summed E-state index contributed by atoms with van der Waals surface area (Å²) in [6.45, 7) is 6.67. The zero-order valence-electron chi connectivity index (χ0n) is 8.56. The summed E-state index contributed by atoms with van der Waals surface area (Å²) in [4.78, 5) is 11.8. The van der Waals surface area contributed by atoms with Crippen molar-refractivity contribution in [1.29, 1.82) is 0 Å². The number of nitrogens with one attached hydrogen (secondary N) is 1. The monoisotopic (exact) mass is 231 g/mol. The van der Waals surface area contributed by atoms with Crippen LogP contribution in [0.1, 0.15) is 25.6 Å². The van der Waals surface area contributed by atoms with Crippen LogP contribution in [0.2, 0.25) is 0 Å². The number of anilines is 1. The minimum atomic E-state index is -0.365. The van der Waals surface area contributed by atoms with Gasteiger partial charge in [-0.25, -0.2) is 0 Å². The van der Waals surface area contributed by atoms with E-state index in [9.17, 15) is 4.79 Å². The molecule has 1 heterocycles. The molecule has 1 N–H and O–H groups in total. The summed E-state index contributed by atoms with van der Waals surface area (Å²) in [7, 11) is 0. The smallest absolute Gasteiger partial charge is 0.240 e. The third kappa shape index (κ3) is 3.31. The van der Waals surface area contributed by atoms with Gasteiger partial charge < -0.3 is 5.32 Å². The van der Waals surface area contributed by atoms with Gasteiger partial charge in [0.1, 0.15) is 0 Å². The maximum atomic E-state index is 10.5. The van der Waals surface area contributed by atoms with Crippen LogP contribution in [0.3, 0.4) is 0 Å². The first kappa shape index (κ1) is 11.5. The summed E-state index contributed by atoms with van der Waals surface area (Å²) in [5, 5.41) is 3.60. The molecule has 1 rings (SSSR count). The molecule has 0 amide bonds. The van der Waals surface area contributed by atoms with E-state index in [4.69, 9.17) is 11.6 Å². The molecule has 4 heteroatoms.